The Hall–Kier alpha value is -4.52. The molecule has 202 valence electrons. The Morgan fingerprint density at radius 3 is 2.51 bits per heavy atom. The first-order valence-corrected chi connectivity index (χ1v) is 12.2. The van der Waals surface area contributed by atoms with Gasteiger partial charge < -0.3 is 26.2 Å². The number of nitrogens with zero attached hydrogens (tertiary/aromatic N) is 6. The smallest absolute Gasteiger partial charge is 0.382 e. The second-order valence-corrected chi connectivity index (χ2v) is 9.31. The number of hydrogen-bond donors (Lipinski definition) is 3. The quantitative estimate of drug-likeness (QED) is 0.345. The van der Waals surface area contributed by atoms with Gasteiger partial charge in [-0.2, -0.15) is 18.2 Å². The van der Waals surface area contributed by atoms with Crippen LogP contribution in [0.4, 0.5) is 42.1 Å². The summed E-state index contributed by atoms with van der Waals surface area (Å²) in [5.41, 5.74) is 7.84. The second-order valence-electron chi connectivity index (χ2n) is 9.31. The highest BCUT2D eigenvalue weighted by molar-refractivity contribution is 6.05. The van der Waals surface area contributed by atoms with Gasteiger partial charge in [-0.1, -0.05) is 12.1 Å². The van der Waals surface area contributed by atoms with Crippen LogP contribution in [0.1, 0.15) is 21.5 Å². The molecule has 13 heteroatoms. The normalized spacial score (nSPS) is 14.4. The number of rotatable bonds is 5. The number of nitrogens with one attached hydrogen (secondary N) is 2. The van der Waals surface area contributed by atoms with Crippen molar-refractivity contribution in [3.63, 3.8) is 0 Å². The zero-order valence-electron chi connectivity index (χ0n) is 21.3. The first kappa shape index (κ1) is 26.1. The molecule has 5 rings (SSSR count). The maximum absolute atomic E-state index is 13.1. The lowest BCUT2D eigenvalue weighted by Gasteiger charge is -2.32. The minimum Gasteiger partial charge on any atom is -0.382 e. The first-order chi connectivity index (χ1) is 18.6. The summed E-state index contributed by atoms with van der Waals surface area (Å²) in [6.07, 6.45) is -3.17. The molecule has 1 fully saturated rings. The SMILES string of the molecule is Cc1ccc(C(=O)Nc2cccc(C(F)(F)F)c2)cc1Nc1ncnc2c(N)nc(N3CCN(C)CC3)nc12. The van der Waals surface area contributed by atoms with Gasteiger partial charge in [0.1, 0.15) is 17.4 Å². The maximum Gasteiger partial charge on any atom is 0.416 e. The summed E-state index contributed by atoms with van der Waals surface area (Å²) < 4.78 is 39.2. The number of aromatic nitrogens is 4. The molecule has 3 heterocycles. The number of amides is 1. The molecular weight excluding hydrogens is 511 g/mol. The van der Waals surface area contributed by atoms with Crippen molar-refractivity contribution in [1.82, 2.24) is 24.8 Å². The van der Waals surface area contributed by atoms with Crippen LogP contribution in [0.25, 0.3) is 11.0 Å². The first-order valence-electron chi connectivity index (χ1n) is 12.2. The molecule has 2 aromatic heterocycles. The number of hydrogen-bond acceptors (Lipinski definition) is 9. The second kappa shape index (κ2) is 10.3. The fourth-order valence-corrected chi connectivity index (χ4v) is 4.20. The molecule has 1 saturated heterocycles. The third kappa shape index (κ3) is 5.67. The van der Waals surface area contributed by atoms with E-state index in [2.05, 4.69) is 42.4 Å². The van der Waals surface area contributed by atoms with Gasteiger partial charge in [-0.15, -0.1) is 0 Å². The Morgan fingerprint density at radius 1 is 1.00 bits per heavy atom. The lowest BCUT2D eigenvalue weighted by atomic mass is 10.1. The van der Waals surface area contributed by atoms with Gasteiger partial charge in [0.15, 0.2) is 11.6 Å². The third-order valence-corrected chi connectivity index (χ3v) is 6.48. The molecule has 4 N–H and O–H groups in total. The largest absolute Gasteiger partial charge is 0.416 e. The molecular formula is C26H26F3N9O. The van der Waals surface area contributed by atoms with Gasteiger partial charge in [-0.25, -0.2) is 15.0 Å². The van der Waals surface area contributed by atoms with E-state index in [1.807, 2.05) is 6.92 Å². The summed E-state index contributed by atoms with van der Waals surface area (Å²) in [4.78, 5) is 34.9. The number of piperazine rings is 1. The lowest BCUT2D eigenvalue weighted by Crippen LogP contribution is -2.45. The average Bonchev–Trinajstić information content (AvgIpc) is 2.90. The number of likely N-dealkylation sites (N-methyl/N-ethyl adjacent to an activating group) is 1. The van der Waals surface area contributed by atoms with Gasteiger partial charge in [-0.05, 0) is 49.9 Å². The minimum absolute atomic E-state index is 0.0373. The third-order valence-electron chi connectivity index (χ3n) is 6.48. The van der Waals surface area contributed by atoms with E-state index in [0.29, 0.717) is 28.5 Å². The van der Waals surface area contributed by atoms with Gasteiger partial charge in [-0.3, -0.25) is 4.79 Å². The number of nitrogens with two attached hydrogens (primary N) is 1. The highest BCUT2D eigenvalue weighted by Crippen LogP contribution is 2.31. The van der Waals surface area contributed by atoms with Crippen molar-refractivity contribution in [1.29, 1.82) is 0 Å². The number of anilines is 5. The molecule has 1 amide bonds. The standard InChI is InChI=1S/C26H26F3N9O/c1-15-6-7-16(24(39)33-18-5-3-4-17(13-18)26(27,28)29)12-19(15)34-23-21-20(31-14-32-23)22(30)36-25(35-21)38-10-8-37(2)9-11-38/h3-7,12-14H,8-11H2,1-2H3,(H,33,39)(H2,30,35,36)(H,31,32,34). The highest BCUT2D eigenvalue weighted by Gasteiger charge is 2.30. The van der Waals surface area contributed by atoms with Crippen LogP contribution in [0, 0.1) is 6.92 Å². The Kier molecular flexibility index (Phi) is 6.91. The monoisotopic (exact) mass is 537 g/mol. The van der Waals surface area contributed by atoms with Crippen molar-refractivity contribution in [2.24, 2.45) is 0 Å². The van der Waals surface area contributed by atoms with E-state index in [-0.39, 0.29) is 17.1 Å². The van der Waals surface area contributed by atoms with E-state index < -0.39 is 17.6 Å². The molecule has 10 nitrogen and oxygen atoms in total. The molecule has 0 spiro atoms. The zero-order valence-corrected chi connectivity index (χ0v) is 21.3. The van der Waals surface area contributed by atoms with Gasteiger partial charge >= 0.3 is 6.18 Å². The van der Waals surface area contributed by atoms with Crippen molar-refractivity contribution in [2.75, 3.05) is 54.5 Å². The van der Waals surface area contributed by atoms with Crippen LogP contribution in [0.15, 0.2) is 48.8 Å². The summed E-state index contributed by atoms with van der Waals surface area (Å²) in [5.74, 6) is 0.527. The van der Waals surface area contributed by atoms with E-state index in [9.17, 15) is 18.0 Å². The summed E-state index contributed by atoms with van der Waals surface area (Å²) >= 11 is 0. The summed E-state index contributed by atoms with van der Waals surface area (Å²) in [5, 5.41) is 5.74. The van der Waals surface area contributed by atoms with Gasteiger partial charge in [0.05, 0.1) is 5.56 Å². The highest BCUT2D eigenvalue weighted by atomic mass is 19.4. The summed E-state index contributed by atoms with van der Waals surface area (Å²) in [6, 6.07) is 9.39. The Morgan fingerprint density at radius 2 is 1.77 bits per heavy atom. The Bertz CT molecular complexity index is 1540. The molecule has 1 aliphatic heterocycles. The molecule has 0 bridgehead atoms. The van der Waals surface area contributed by atoms with Crippen LogP contribution in [0.3, 0.4) is 0 Å². The predicted octanol–water partition coefficient (Wildman–Crippen LogP) is 4.08. The lowest BCUT2D eigenvalue weighted by molar-refractivity contribution is -0.137. The summed E-state index contributed by atoms with van der Waals surface area (Å²) in [6.45, 7) is 5.08. The number of nitrogen functional groups attached to an aromatic ring is 1. The molecule has 4 aromatic rings. The van der Waals surface area contributed by atoms with E-state index in [1.54, 1.807) is 18.2 Å². The molecule has 1 aliphatic rings. The molecule has 0 atom stereocenters. The Balaban J connectivity index is 1.43. The topological polar surface area (TPSA) is 125 Å². The molecule has 0 aliphatic carbocycles. The predicted molar refractivity (Wildman–Crippen MR) is 143 cm³/mol. The maximum atomic E-state index is 13.1. The fraction of sp³-hybridized carbons (Fsp3) is 0.269. The van der Waals surface area contributed by atoms with Crippen molar-refractivity contribution >= 4 is 45.9 Å². The van der Waals surface area contributed by atoms with Crippen molar-refractivity contribution < 1.29 is 18.0 Å². The number of benzene rings is 2. The fourth-order valence-electron chi connectivity index (χ4n) is 4.20. The molecule has 39 heavy (non-hydrogen) atoms. The van der Waals surface area contributed by atoms with Crippen LogP contribution < -0.4 is 21.3 Å². The average molecular weight is 538 g/mol. The minimum atomic E-state index is -4.51. The van der Waals surface area contributed by atoms with Gasteiger partial charge in [0.2, 0.25) is 5.95 Å². The van der Waals surface area contributed by atoms with Crippen LogP contribution >= 0.6 is 0 Å². The van der Waals surface area contributed by atoms with Crippen molar-refractivity contribution in [3.05, 3.63) is 65.5 Å². The van der Waals surface area contributed by atoms with E-state index in [4.69, 9.17) is 10.7 Å². The van der Waals surface area contributed by atoms with Crippen LogP contribution in [-0.4, -0.2) is 64.0 Å². The molecule has 2 aromatic carbocycles. The zero-order chi connectivity index (χ0) is 27.7. The molecule has 0 saturated carbocycles. The van der Waals surface area contributed by atoms with Crippen molar-refractivity contribution in [3.8, 4) is 0 Å². The van der Waals surface area contributed by atoms with Crippen LogP contribution in [-0.2, 0) is 6.18 Å². The van der Waals surface area contributed by atoms with E-state index in [1.165, 1.54) is 18.5 Å². The number of alkyl halides is 3. The molecule has 0 unspecified atom stereocenters. The number of fused-ring (bicyclic) bond motifs is 1. The van der Waals surface area contributed by atoms with E-state index >= 15 is 0 Å². The van der Waals surface area contributed by atoms with Gasteiger partial charge in [0, 0.05) is 43.1 Å². The number of aryl methyl sites for hydroxylation is 1. The number of carbonyl (C=O) groups excluding carboxylic acids is 1. The number of carbonyl (C=O) groups is 1. The van der Waals surface area contributed by atoms with Gasteiger partial charge in [0.25, 0.3) is 5.91 Å². The van der Waals surface area contributed by atoms with Crippen molar-refractivity contribution in [2.45, 2.75) is 13.1 Å². The molecule has 0 radical (unpaired) electrons. The van der Waals surface area contributed by atoms with Crippen LogP contribution in [0.2, 0.25) is 0 Å². The van der Waals surface area contributed by atoms with E-state index in [0.717, 1.165) is 43.9 Å². The summed E-state index contributed by atoms with van der Waals surface area (Å²) in [7, 11) is 2.05. The number of halogens is 3. The Labute approximate surface area is 222 Å². The van der Waals surface area contributed by atoms with Crippen LogP contribution in [0.5, 0.6) is 0 Å².